The zero-order valence-electron chi connectivity index (χ0n) is 16.0. The first kappa shape index (κ1) is 19.1. The molecule has 3 rings (SSSR count). The summed E-state index contributed by atoms with van der Waals surface area (Å²) in [5.74, 6) is 6.94. The molecule has 0 amide bonds. The summed E-state index contributed by atoms with van der Waals surface area (Å²) in [6.07, 6.45) is 0. The van der Waals surface area contributed by atoms with Crippen molar-refractivity contribution >= 4 is 5.78 Å². The van der Waals surface area contributed by atoms with Crippen molar-refractivity contribution in [3.8, 4) is 40.2 Å². The van der Waals surface area contributed by atoms with Crippen molar-refractivity contribution in [1.82, 2.24) is 0 Å². The highest BCUT2D eigenvalue weighted by atomic mass is 16.5. The molecule has 0 heterocycles. The lowest BCUT2D eigenvalue weighted by molar-refractivity contribution is 0.105. The number of carbonyl (C=O) groups is 1. The standard InChI is InChI=1S/C24H20O4/c1-26-22-15-18(16-23(27-2)24(22)28-3)19-11-7-8-12-20(19)21(25)14-13-17-9-5-4-6-10-17/h4-12,15-16H,1-3H3. The Morgan fingerprint density at radius 3 is 2.00 bits per heavy atom. The predicted octanol–water partition coefficient (Wildman–Crippen LogP) is 4.61. The van der Waals surface area contributed by atoms with Crippen LogP contribution >= 0.6 is 0 Å². The second kappa shape index (κ2) is 8.79. The van der Waals surface area contributed by atoms with Gasteiger partial charge in [-0.2, -0.15) is 0 Å². The highest BCUT2D eigenvalue weighted by Crippen LogP contribution is 2.41. The van der Waals surface area contributed by atoms with E-state index in [9.17, 15) is 4.79 Å². The fourth-order valence-corrected chi connectivity index (χ4v) is 2.89. The number of ether oxygens (including phenoxy) is 3. The van der Waals surface area contributed by atoms with Crippen LogP contribution in [0.1, 0.15) is 15.9 Å². The Bertz CT molecular complexity index is 1020. The molecule has 0 radical (unpaired) electrons. The summed E-state index contributed by atoms with van der Waals surface area (Å²) in [7, 11) is 4.67. The third-order valence-electron chi connectivity index (χ3n) is 4.24. The highest BCUT2D eigenvalue weighted by Gasteiger charge is 2.17. The zero-order chi connectivity index (χ0) is 19.9. The maximum atomic E-state index is 12.8. The third-order valence-corrected chi connectivity index (χ3v) is 4.24. The van der Waals surface area contributed by atoms with E-state index < -0.39 is 0 Å². The maximum Gasteiger partial charge on any atom is 0.236 e. The van der Waals surface area contributed by atoms with Gasteiger partial charge in [0.2, 0.25) is 11.5 Å². The molecule has 0 bridgehead atoms. The topological polar surface area (TPSA) is 44.8 Å². The molecule has 0 aliphatic rings. The van der Waals surface area contributed by atoms with Gasteiger partial charge in [-0.05, 0) is 47.4 Å². The normalized spacial score (nSPS) is 9.82. The molecular formula is C24H20O4. The zero-order valence-corrected chi connectivity index (χ0v) is 16.0. The number of rotatable bonds is 5. The number of methoxy groups -OCH3 is 3. The molecule has 4 heteroatoms. The lowest BCUT2D eigenvalue weighted by Crippen LogP contribution is -2.00. The molecule has 0 aliphatic carbocycles. The summed E-state index contributed by atoms with van der Waals surface area (Å²) in [4.78, 5) is 12.8. The lowest BCUT2D eigenvalue weighted by Gasteiger charge is -2.15. The van der Waals surface area contributed by atoms with Crippen LogP contribution in [-0.4, -0.2) is 27.1 Å². The Kier molecular flexibility index (Phi) is 5.98. The molecule has 0 unspecified atom stereocenters. The fourth-order valence-electron chi connectivity index (χ4n) is 2.89. The van der Waals surface area contributed by atoms with Crippen molar-refractivity contribution in [2.24, 2.45) is 0 Å². The van der Waals surface area contributed by atoms with E-state index in [1.807, 2.05) is 60.7 Å². The molecule has 3 aromatic rings. The van der Waals surface area contributed by atoms with E-state index in [1.165, 1.54) is 0 Å². The molecule has 0 aliphatic heterocycles. The van der Waals surface area contributed by atoms with E-state index in [0.717, 1.165) is 16.7 Å². The second-order valence-electron chi connectivity index (χ2n) is 5.90. The number of carbonyl (C=O) groups excluding carboxylic acids is 1. The van der Waals surface area contributed by atoms with E-state index >= 15 is 0 Å². The number of ketones is 1. The van der Waals surface area contributed by atoms with Crippen molar-refractivity contribution < 1.29 is 19.0 Å². The summed E-state index contributed by atoms with van der Waals surface area (Å²) in [6, 6.07) is 20.4. The van der Waals surface area contributed by atoms with E-state index in [1.54, 1.807) is 27.4 Å². The first-order valence-electron chi connectivity index (χ1n) is 8.68. The van der Waals surface area contributed by atoms with Gasteiger partial charge in [-0.25, -0.2) is 0 Å². The molecule has 0 saturated heterocycles. The molecule has 0 N–H and O–H groups in total. The first-order chi connectivity index (χ1) is 13.7. The van der Waals surface area contributed by atoms with Crippen molar-refractivity contribution in [1.29, 1.82) is 0 Å². The third kappa shape index (κ3) is 3.99. The summed E-state index contributed by atoms with van der Waals surface area (Å²) >= 11 is 0. The Morgan fingerprint density at radius 1 is 0.786 bits per heavy atom. The average molecular weight is 372 g/mol. The number of Topliss-reactive ketones (excluding diaryl/α,β-unsaturated/α-hetero) is 1. The van der Waals surface area contributed by atoms with Crippen LogP contribution in [0.5, 0.6) is 17.2 Å². The summed E-state index contributed by atoms with van der Waals surface area (Å²) < 4.78 is 16.2. The Morgan fingerprint density at radius 2 is 1.39 bits per heavy atom. The SMILES string of the molecule is COc1cc(-c2ccccc2C(=O)C#Cc2ccccc2)cc(OC)c1OC. The van der Waals surface area contributed by atoms with Crippen molar-refractivity contribution in [3.63, 3.8) is 0 Å². The fraction of sp³-hybridized carbons (Fsp3) is 0.125. The highest BCUT2D eigenvalue weighted by molar-refractivity contribution is 6.13. The number of hydrogen-bond donors (Lipinski definition) is 0. The minimum atomic E-state index is -0.256. The molecule has 28 heavy (non-hydrogen) atoms. The molecular weight excluding hydrogens is 352 g/mol. The largest absolute Gasteiger partial charge is 0.493 e. The summed E-state index contributed by atoms with van der Waals surface area (Å²) in [5.41, 5.74) is 2.83. The van der Waals surface area contributed by atoms with Gasteiger partial charge in [-0.1, -0.05) is 42.3 Å². The first-order valence-corrected chi connectivity index (χ1v) is 8.68. The Labute approximate surface area is 164 Å². The van der Waals surface area contributed by atoms with Crippen LogP contribution in [-0.2, 0) is 0 Å². The van der Waals surface area contributed by atoms with E-state index in [0.29, 0.717) is 22.8 Å². The minimum Gasteiger partial charge on any atom is -0.493 e. The van der Waals surface area contributed by atoms with Gasteiger partial charge in [0.25, 0.3) is 0 Å². The molecule has 0 saturated carbocycles. The quantitative estimate of drug-likeness (QED) is 0.484. The van der Waals surface area contributed by atoms with Crippen molar-refractivity contribution in [2.75, 3.05) is 21.3 Å². The van der Waals surface area contributed by atoms with Crippen LogP contribution in [0.15, 0.2) is 66.7 Å². The Balaban J connectivity index is 2.06. The van der Waals surface area contributed by atoms with Crippen LogP contribution in [0, 0.1) is 11.8 Å². The molecule has 140 valence electrons. The van der Waals surface area contributed by atoms with E-state index in [4.69, 9.17) is 14.2 Å². The minimum absolute atomic E-state index is 0.256. The summed E-state index contributed by atoms with van der Waals surface area (Å²) in [5, 5.41) is 0. The van der Waals surface area contributed by atoms with Crippen molar-refractivity contribution in [3.05, 3.63) is 77.9 Å². The smallest absolute Gasteiger partial charge is 0.236 e. The number of benzene rings is 3. The predicted molar refractivity (Wildman–Crippen MR) is 109 cm³/mol. The Hall–Kier alpha value is -3.71. The number of hydrogen-bond acceptors (Lipinski definition) is 4. The average Bonchev–Trinajstić information content (AvgIpc) is 2.77. The van der Waals surface area contributed by atoms with Gasteiger partial charge in [0.15, 0.2) is 11.5 Å². The lowest BCUT2D eigenvalue weighted by atomic mass is 9.96. The molecule has 4 nitrogen and oxygen atoms in total. The van der Waals surface area contributed by atoms with E-state index in [-0.39, 0.29) is 5.78 Å². The van der Waals surface area contributed by atoms with Gasteiger partial charge < -0.3 is 14.2 Å². The van der Waals surface area contributed by atoms with Crippen molar-refractivity contribution in [2.45, 2.75) is 0 Å². The van der Waals surface area contributed by atoms with Crippen LogP contribution < -0.4 is 14.2 Å². The van der Waals surface area contributed by atoms with Crippen LogP contribution in [0.3, 0.4) is 0 Å². The van der Waals surface area contributed by atoms with Gasteiger partial charge in [0.05, 0.1) is 21.3 Å². The van der Waals surface area contributed by atoms with Gasteiger partial charge in [-0.3, -0.25) is 4.79 Å². The summed E-state index contributed by atoms with van der Waals surface area (Å²) in [6.45, 7) is 0. The van der Waals surface area contributed by atoms with Gasteiger partial charge >= 0.3 is 0 Å². The molecule has 0 atom stereocenters. The van der Waals surface area contributed by atoms with Gasteiger partial charge in [0, 0.05) is 11.1 Å². The molecule has 3 aromatic carbocycles. The van der Waals surface area contributed by atoms with Gasteiger partial charge in [0.1, 0.15) is 0 Å². The maximum absolute atomic E-state index is 12.8. The van der Waals surface area contributed by atoms with Crippen LogP contribution in [0.4, 0.5) is 0 Å². The van der Waals surface area contributed by atoms with E-state index in [2.05, 4.69) is 11.8 Å². The second-order valence-corrected chi connectivity index (χ2v) is 5.90. The van der Waals surface area contributed by atoms with Gasteiger partial charge in [-0.15, -0.1) is 0 Å². The van der Waals surface area contributed by atoms with Crippen LogP contribution in [0.2, 0.25) is 0 Å². The monoisotopic (exact) mass is 372 g/mol. The molecule has 0 aromatic heterocycles. The van der Waals surface area contributed by atoms with Crippen LogP contribution in [0.25, 0.3) is 11.1 Å². The molecule has 0 spiro atoms. The molecule has 0 fully saturated rings.